The van der Waals surface area contributed by atoms with Crippen molar-refractivity contribution in [3.63, 3.8) is 0 Å². The number of morpholine rings is 1. The molecule has 0 aliphatic carbocycles. The summed E-state index contributed by atoms with van der Waals surface area (Å²) >= 11 is 0. The Hall–Kier alpha value is -0.850. The van der Waals surface area contributed by atoms with Gasteiger partial charge in [0, 0.05) is 25.7 Å². The minimum atomic E-state index is -0.468. The van der Waals surface area contributed by atoms with Gasteiger partial charge in [-0.3, -0.25) is 4.90 Å². The maximum Gasteiger partial charge on any atom is 0.410 e. The van der Waals surface area contributed by atoms with E-state index in [2.05, 4.69) is 5.32 Å². The van der Waals surface area contributed by atoms with Crippen molar-refractivity contribution in [2.75, 3.05) is 39.5 Å². The number of hydrogen-bond donors (Lipinski definition) is 1. The van der Waals surface area contributed by atoms with E-state index in [0.717, 1.165) is 26.1 Å². The van der Waals surface area contributed by atoms with Gasteiger partial charge in [-0.15, -0.1) is 0 Å². The molecule has 0 saturated carbocycles. The van der Waals surface area contributed by atoms with Crippen molar-refractivity contribution in [3.05, 3.63) is 0 Å². The van der Waals surface area contributed by atoms with E-state index in [1.807, 2.05) is 20.8 Å². The predicted molar refractivity (Wildman–Crippen MR) is 79.4 cm³/mol. The second-order valence-corrected chi connectivity index (χ2v) is 6.72. The lowest BCUT2D eigenvalue weighted by Crippen LogP contribution is -2.55. The number of nitrogens with one attached hydrogen (secondary N) is 1. The topological polar surface area (TPSA) is 60.0 Å². The van der Waals surface area contributed by atoms with Crippen LogP contribution in [-0.2, 0) is 14.2 Å². The Morgan fingerprint density at radius 2 is 2.05 bits per heavy atom. The molecule has 2 unspecified atom stereocenters. The summed E-state index contributed by atoms with van der Waals surface area (Å²) in [6, 6.07) is 0.400. The third-order valence-corrected chi connectivity index (χ3v) is 3.66. The largest absolute Gasteiger partial charge is 0.444 e. The van der Waals surface area contributed by atoms with Gasteiger partial charge in [-0.1, -0.05) is 0 Å². The number of amides is 1. The molecule has 2 aliphatic rings. The van der Waals surface area contributed by atoms with Gasteiger partial charge in [-0.05, 0) is 33.6 Å². The highest BCUT2D eigenvalue weighted by atomic mass is 16.6. The molecule has 0 aromatic heterocycles. The van der Waals surface area contributed by atoms with E-state index in [4.69, 9.17) is 14.2 Å². The molecule has 0 aromatic carbocycles. The van der Waals surface area contributed by atoms with Crippen LogP contribution in [0.15, 0.2) is 0 Å². The quantitative estimate of drug-likeness (QED) is 0.853. The highest BCUT2D eigenvalue weighted by Gasteiger charge is 2.31. The minimum Gasteiger partial charge on any atom is -0.444 e. The van der Waals surface area contributed by atoms with Crippen molar-refractivity contribution in [2.24, 2.45) is 0 Å². The van der Waals surface area contributed by atoms with Crippen LogP contribution in [0.4, 0.5) is 4.79 Å². The van der Waals surface area contributed by atoms with E-state index in [-0.39, 0.29) is 12.1 Å². The van der Waals surface area contributed by atoms with Gasteiger partial charge in [-0.2, -0.15) is 0 Å². The molecule has 122 valence electrons. The van der Waals surface area contributed by atoms with Gasteiger partial charge in [0.05, 0.1) is 25.9 Å². The Kier molecular flexibility index (Phi) is 5.84. The first-order valence-electron chi connectivity index (χ1n) is 7.84. The van der Waals surface area contributed by atoms with Crippen LogP contribution in [0.2, 0.25) is 0 Å². The molecule has 21 heavy (non-hydrogen) atoms. The van der Waals surface area contributed by atoms with Gasteiger partial charge in [0.1, 0.15) is 5.60 Å². The highest BCUT2D eigenvalue weighted by Crippen LogP contribution is 2.15. The van der Waals surface area contributed by atoms with Gasteiger partial charge in [0.25, 0.3) is 0 Å². The normalized spacial score (nSPS) is 27.5. The Balaban J connectivity index is 1.84. The summed E-state index contributed by atoms with van der Waals surface area (Å²) in [5.41, 5.74) is -0.468. The summed E-state index contributed by atoms with van der Waals surface area (Å²) in [5.74, 6) is 0. The summed E-state index contributed by atoms with van der Waals surface area (Å²) < 4.78 is 16.5. The van der Waals surface area contributed by atoms with Crippen LogP contribution < -0.4 is 5.32 Å². The molecular weight excluding hydrogens is 272 g/mol. The van der Waals surface area contributed by atoms with Crippen molar-refractivity contribution in [2.45, 2.75) is 51.3 Å². The maximum absolute atomic E-state index is 12.3. The molecule has 1 amide bonds. The third-order valence-electron chi connectivity index (χ3n) is 3.66. The van der Waals surface area contributed by atoms with Crippen LogP contribution >= 0.6 is 0 Å². The van der Waals surface area contributed by atoms with Gasteiger partial charge >= 0.3 is 6.09 Å². The van der Waals surface area contributed by atoms with Crippen LogP contribution in [-0.4, -0.2) is 68.2 Å². The standard InChI is InChI=1S/C15H28N2O4/c1-15(2,3)21-14(18)17-6-8-20-11-13(17)9-16-12-5-4-7-19-10-12/h12-13,16H,4-11H2,1-3H3. The lowest BCUT2D eigenvalue weighted by molar-refractivity contribution is -0.0334. The second kappa shape index (κ2) is 7.42. The van der Waals surface area contributed by atoms with E-state index < -0.39 is 5.60 Å². The van der Waals surface area contributed by atoms with Crippen LogP contribution in [0.1, 0.15) is 33.6 Å². The first kappa shape index (κ1) is 16.5. The number of carbonyl (C=O) groups is 1. The first-order valence-corrected chi connectivity index (χ1v) is 7.84. The summed E-state index contributed by atoms with van der Waals surface area (Å²) in [4.78, 5) is 14.1. The van der Waals surface area contributed by atoms with Crippen molar-refractivity contribution in [3.8, 4) is 0 Å². The van der Waals surface area contributed by atoms with Gasteiger partial charge in [0.15, 0.2) is 0 Å². The summed E-state index contributed by atoms with van der Waals surface area (Å²) in [6.45, 7) is 9.69. The Labute approximate surface area is 127 Å². The molecule has 0 aromatic rings. The Morgan fingerprint density at radius 1 is 1.29 bits per heavy atom. The number of ether oxygens (including phenoxy) is 3. The fraction of sp³-hybridized carbons (Fsp3) is 0.933. The lowest BCUT2D eigenvalue weighted by atomic mass is 10.1. The van der Waals surface area contributed by atoms with Crippen LogP contribution in [0.25, 0.3) is 0 Å². The summed E-state index contributed by atoms with van der Waals surface area (Å²) in [6.07, 6.45) is 1.96. The zero-order valence-electron chi connectivity index (χ0n) is 13.4. The predicted octanol–water partition coefficient (Wildman–Crippen LogP) is 1.39. The molecule has 2 fully saturated rings. The number of hydrogen-bond acceptors (Lipinski definition) is 5. The molecule has 0 radical (unpaired) electrons. The van der Waals surface area contributed by atoms with Gasteiger partial charge in [0.2, 0.25) is 0 Å². The van der Waals surface area contributed by atoms with Crippen molar-refractivity contribution in [1.82, 2.24) is 10.2 Å². The van der Waals surface area contributed by atoms with E-state index >= 15 is 0 Å². The molecule has 2 rings (SSSR count). The van der Waals surface area contributed by atoms with Crippen LogP contribution in [0, 0.1) is 0 Å². The molecule has 6 heteroatoms. The number of carbonyl (C=O) groups excluding carboxylic acids is 1. The molecule has 2 saturated heterocycles. The Morgan fingerprint density at radius 3 is 2.71 bits per heavy atom. The van der Waals surface area contributed by atoms with E-state index in [1.165, 1.54) is 0 Å². The zero-order valence-corrected chi connectivity index (χ0v) is 13.4. The molecule has 2 aliphatic heterocycles. The average Bonchev–Trinajstić information content (AvgIpc) is 2.45. The monoisotopic (exact) mass is 300 g/mol. The lowest BCUT2D eigenvalue weighted by Gasteiger charge is -2.37. The zero-order chi connectivity index (χ0) is 15.3. The van der Waals surface area contributed by atoms with Gasteiger partial charge < -0.3 is 19.5 Å². The maximum atomic E-state index is 12.3. The third kappa shape index (κ3) is 5.45. The molecular formula is C15H28N2O4. The SMILES string of the molecule is CC(C)(C)OC(=O)N1CCOCC1CNC1CCCOC1. The fourth-order valence-corrected chi connectivity index (χ4v) is 2.59. The highest BCUT2D eigenvalue weighted by molar-refractivity contribution is 5.68. The second-order valence-electron chi connectivity index (χ2n) is 6.72. The van der Waals surface area contributed by atoms with Crippen molar-refractivity contribution in [1.29, 1.82) is 0 Å². The molecule has 1 N–H and O–H groups in total. The molecule has 6 nitrogen and oxygen atoms in total. The van der Waals surface area contributed by atoms with Crippen LogP contribution in [0.3, 0.4) is 0 Å². The average molecular weight is 300 g/mol. The van der Waals surface area contributed by atoms with E-state index in [0.29, 0.717) is 32.3 Å². The molecule has 0 bridgehead atoms. The minimum absolute atomic E-state index is 0.0236. The summed E-state index contributed by atoms with van der Waals surface area (Å²) in [5, 5.41) is 3.48. The molecule has 0 spiro atoms. The van der Waals surface area contributed by atoms with Crippen molar-refractivity contribution < 1.29 is 19.0 Å². The summed E-state index contributed by atoms with van der Waals surface area (Å²) in [7, 11) is 0. The van der Waals surface area contributed by atoms with Crippen LogP contribution in [0.5, 0.6) is 0 Å². The molecule has 2 atom stereocenters. The molecule has 2 heterocycles. The van der Waals surface area contributed by atoms with Gasteiger partial charge in [-0.25, -0.2) is 4.79 Å². The number of nitrogens with zero attached hydrogens (tertiary/aromatic N) is 1. The smallest absolute Gasteiger partial charge is 0.410 e. The number of rotatable bonds is 3. The van der Waals surface area contributed by atoms with E-state index in [1.54, 1.807) is 4.90 Å². The Bertz CT molecular complexity index is 337. The fourth-order valence-electron chi connectivity index (χ4n) is 2.59. The first-order chi connectivity index (χ1) is 9.96. The van der Waals surface area contributed by atoms with Crippen molar-refractivity contribution >= 4 is 6.09 Å². The van der Waals surface area contributed by atoms with E-state index in [9.17, 15) is 4.79 Å².